The molecule has 1 aromatic carbocycles. The number of rotatable bonds is 6. The van der Waals surface area contributed by atoms with Crippen LogP contribution in [0.25, 0.3) is 28.1 Å². The third-order valence-corrected chi connectivity index (χ3v) is 5.65. The van der Waals surface area contributed by atoms with Crippen LogP contribution in [0.1, 0.15) is 37.9 Å². The Morgan fingerprint density at radius 2 is 2.14 bits per heavy atom. The van der Waals surface area contributed by atoms with Gasteiger partial charge in [0.15, 0.2) is 11.5 Å². The zero-order chi connectivity index (χ0) is 19.8. The van der Waals surface area contributed by atoms with E-state index in [0.29, 0.717) is 12.4 Å². The number of aliphatic hydroxyl groups is 1. The van der Waals surface area contributed by atoms with E-state index in [1.165, 1.54) is 6.33 Å². The molecule has 0 amide bonds. The number of aliphatic hydroxyl groups excluding tert-OH is 1. The fourth-order valence-electron chi connectivity index (χ4n) is 4.02. The lowest BCUT2D eigenvalue weighted by atomic mass is 9.74. The number of H-pyrrole nitrogens is 1. The molecule has 4 aromatic rings. The number of aromatic amines is 1. The summed E-state index contributed by atoms with van der Waals surface area (Å²) in [6, 6.07) is 9.81. The van der Waals surface area contributed by atoms with Crippen LogP contribution in [0.3, 0.4) is 0 Å². The minimum absolute atomic E-state index is 0.481. The van der Waals surface area contributed by atoms with Crippen LogP contribution in [0.2, 0.25) is 0 Å². The highest BCUT2D eigenvalue weighted by atomic mass is 16.5. The van der Waals surface area contributed by atoms with Crippen molar-refractivity contribution in [1.29, 1.82) is 0 Å². The van der Waals surface area contributed by atoms with E-state index >= 15 is 0 Å². The van der Waals surface area contributed by atoms with E-state index in [1.807, 2.05) is 37.3 Å². The van der Waals surface area contributed by atoms with Crippen LogP contribution in [0.5, 0.6) is 0 Å². The van der Waals surface area contributed by atoms with Crippen LogP contribution in [0, 0.1) is 0 Å². The normalized spacial score (nSPS) is 16.6. The highest BCUT2D eigenvalue weighted by Crippen LogP contribution is 2.45. The van der Waals surface area contributed by atoms with Crippen molar-refractivity contribution in [3.8, 4) is 17.1 Å². The maximum absolute atomic E-state index is 10.9. The van der Waals surface area contributed by atoms with E-state index in [1.54, 1.807) is 17.1 Å². The summed E-state index contributed by atoms with van der Waals surface area (Å²) in [5.74, 6) is 0.698. The summed E-state index contributed by atoms with van der Waals surface area (Å²) in [5, 5.41) is 23.1. The molecule has 148 valence electrons. The van der Waals surface area contributed by atoms with Crippen LogP contribution in [0.15, 0.2) is 49.1 Å². The van der Waals surface area contributed by atoms with E-state index in [-0.39, 0.29) is 0 Å². The van der Waals surface area contributed by atoms with Crippen LogP contribution in [-0.4, -0.2) is 47.3 Å². The van der Waals surface area contributed by atoms with Crippen molar-refractivity contribution in [2.45, 2.75) is 37.9 Å². The monoisotopic (exact) mass is 390 g/mol. The number of fused-ring (bicyclic) bond motifs is 1. The van der Waals surface area contributed by atoms with Gasteiger partial charge in [0.1, 0.15) is 12.4 Å². The first-order valence-corrected chi connectivity index (χ1v) is 9.82. The molecule has 1 atom stereocenters. The lowest BCUT2D eigenvalue weighted by Crippen LogP contribution is -2.46. The van der Waals surface area contributed by atoms with Crippen molar-refractivity contribution in [3.63, 3.8) is 0 Å². The van der Waals surface area contributed by atoms with E-state index in [4.69, 9.17) is 4.74 Å². The van der Waals surface area contributed by atoms with E-state index in [9.17, 15) is 5.11 Å². The molecule has 8 heteroatoms. The van der Waals surface area contributed by atoms with Gasteiger partial charge in [0, 0.05) is 29.3 Å². The molecular weight excluding hydrogens is 368 g/mol. The van der Waals surface area contributed by atoms with Crippen molar-refractivity contribution in [1.82, 2.24) is 29.9 Å². The van der Waals surface area contributed by atoms with Crippen LogP contribution in [0.4, 0.5) is 0 Å². The first-order chi connectivity index (χ1) is 14.2. The summed E-state index contributed by atoms with van der Waals surface area (Å²) >= 11 is 0. The van der Waals surface area contributed by atoms with Crippen molar-refractivity contribution in [2.24, 2.45) is 0 Å². The van der Waals surface area contributed by atoms with Gasteiger partial charge in [-0.2, -0.15) is 10.2 Å². The van der Waals surface area contributed by atoms with Crippen molar-refractivity contribution in [2.75, 3.05) is 6.61 Å². The van der Waals surface area contributed by atoms with Crippen molar-refractivity contribution < 1.29 is 9.84 Å². The Labute approximate surface area is 167 Å². The molecule has 0 unspecified atom stereocenters. The lowest BCUT2D eigenvalue weighted by molar-refractivity contribution is -0.167. The molecule has 1 saturated carbocycles. The molecule has 29 heavy (non-hydrogen) atoms. The van der Waals surface area contributed by atoms with E-state index in [0.717, 1.165) is 47.1 Å². The van der Waals surface area contributed by atoms with Gasteiger partial charge in [-0.05, 0) is 44.4 Å². The highest BCUT2D eigenvalue weighted by molar-refractivity contribution is 5.77. The Balaban J connectivity index is 1.50. The molecule has 2 N–H and O–H groups in total. The van der Waals surface area contributed by atoms with Crippen LogP contribution < -0.4 is 0 Å². The van der Waals surface area contributed by atoms with Gasteiger partial charge in [-0.3, -0.25) is 5.10 Å². The summed E-state index contributed by atoms with van der Waals surface area (Å²) in [6.45, 7) is 2.55. The average molecular weight is 390 g/mol. The molecule has 5 rings (SSSR count). The second-order valence-electron chi connectivity index (χ2n) is 7.38. The van der Waals surface area contributed by atoms with Gasteiger partial charge in [0.2, 0.25) is 0 Å². The van der Waals surface area contributed by atoms with Gasteiger partial charge >= 0.3 is 0 Å². The number of ether oxygens (including phenoxy) is 1. The van der Waals surface area contributed by atoms with Gasteiger partial charge in [-0.1, -0.05) is 12.1 Å². The van der Waals surface area contributed by atoms with E-state index in [2.05, 4.69) is 25.3 Å². The number of hydrogen-bond acceptors (Lipinski definition) is 6. The molecule has 3 heterocycles. The van der Waals surface area contributed by atoms with Gasteiger partial charge in [0.25, 0.3) is 0 Å². The minimum Gasteiger partial charge on any atom is -0.385 e. The van der Waals surface area contributed by atoms with E-state index < -0.39 is 11.7 Å². The highest BCUT2D eigenvalue weighted by Gasteiger charge is 2.45. The number of benzene rings is 1. The largest absolute Gasteiger partial charge is 0.385 e. The quantitative estimate of drug-likeness (QED) is 0.524. The molecule has 0 radical (unpaired) electrons. The third kappa shape index (κ3) is 3.01. The maximum atomic E-state index is 10.9. The average Bonchev–Trinajstić information content (AvgIpc) is 3.40. The van der Waals surface area contributed by atoms with Gasteiger partial charge in [-0.25, -0.2) is 14.6 Å². The molecule has 0 saturated heterocycles. The van der Waals surface area contributed by atoms with Gasteiger partial charge < -0.3 is 9.84 Å². The molecule has 1 aliphatic rings. The smallest absolute Gasteiger partial charge is 0.162 e. The second kappa shape index (κ2) is 7.06. The SMILES string of the molecule is CCOC1([C@@H](O)c2cnc3c(cnn3-c3cccc(-c4ncn[nH]4)c3)c2)CCC1. The molecule has 3 aromatic heterocycles. The molecule has 0 aliphatic heterocycles. The zero-order valence-corrected chi connectivity index (χ0v) is 16.1. The summed E-state index contributed by atoms with van der Waals surface area (Å²) in [7, 11) is 0. The number of aromatic nitrogens is 6. The molecule has 1 fully saturated rings. The van der Waals surface area contributed by atoms with Gasteiger partial charge in [0.05, 0.1) is 17.5 Å². The maximum Gasteiger partial charge on any atom is 0.162 e. The first-order valence-electron chi connectivity index (χ1n) is 9.82. The Morgan fingerprint density at radius 1 is 1.24 bits per heavy atom. The summed E-state index contributed by atoms with van der Waals surface area (Å²) in [4.78, 5) is 8.81. The fraction of sp³-hybridized carbons (Fsp3) is 0.333. The predicted molar refractivity (Wildman–Crippen MR) is 107 cm³/mol. The van der Waals surface area contributed by atoms with Crippen LogP contribution >= 0.6 is 0 Å². The lowest BCUT2D eigenvalue weighted by Gasteiger charge is -2.45. The fourth-order valence-corrected chi connectivity index (χ4v) is 4.02. The zero-order valence-electron chi connectivity index (χ0n) is 16.1. The first kappa shape index (κ1) is 18.0. The molecule has 1 aliphatic carbocycles. The second-order valence-corrected chi connectivity index (χ2v) is 7.38. The Morgan fingerprint density at radius 3 is 2.86 bits per heavy atom. The number of hydrogen-bond donors (Lipinski definition) is 2. The summed E-state index contributed by atoms with van der Waals surface area (Å²) in [6.07, 6.45) is 7.11. The molecule has 0 bridgehead atoms. The van der Waals surface area contributed by atoms with Crippen molar-refractivity contribution in [3.05, 3.63) is 54.6 Å². The topological polar surface area (TPSA) is 102 Å². The number of nitrogens with one attached hydrogen (secondary N) is 1. The van der Waals surface area contributed by atoms with Gasteiger partial charge in [-0.15, -0.1) is 0 Å². The Bertz CT molecular complexity index is 1130. The molecule has 0 spiro atoms. The summed E-state index contributed by atoms with van der Waals surface area (Å²) in [5.41, 5.74) is 2.81. The minimum atomic E-state index is -0.689. The third-order valence-electron chi connectivity index (χ3n) is 5.65. The predicted octanol–water partition coefficient (Wildman–Crippen LogP) is 3.20. The number of nitrogens with zero attached hydrogens (tertiary/aromatic N) is 5. The standard InChI is InChI=1S/C21H22N6O2/c1-2-29-21(7-4-8-21)18(28)15-9-16-12-25-27(20(16)22-11-15)17-6-3-5-14(10-17)19-23-13-24-26-19/h3,5-6,9-13,18,28H,2,4,7-8H2,1H3,(H,23,24,26)/t18-/m0/s1. The summed E-state index contributed by atoms with van der Waals surface area (Å²) < 4.78 is 7.69. The number of pyridine rings is 1. The molecular formula is C21H22N6O2. The molecule has 8 nitrogen and oxygen atoms in total. The Kier molecular flexibility index (Phi) is 4.37. The van der Waals surface area contributed by atoms with Crippen molar-refractivity contribution >= 4 is 11.0 Å². The Hall–Kier alpha value is -3.10. The van der Waals surface area contributed by atoms with Crippen LogP contribution in [-0.2, 0) is 4.74 Å².